The Morgan fingerprint density at radius 2 is 2.07 bits per heavy atom. The molecule has 0 rings (SSSR count). The van der Waals surface area contributed by atoms with Crippen LogP contribution in [0.2, 0.25) is 0 Å². The number of allylic oxidation sites excluding steroid dienone is 2. The van der Waals surface area contributed by atoms with E-state index in [0.29, 0.717) is 5.92 Å². The predicted octanol–water partition coefficient (Wildman–Crippen LogP) is 2.97. The van der Waals surface area contributed by atoms with E-state index in [-0.39, 0.29) is 5.60 Å². The molecular formula is C12H22O2. The molecule has 0 N–H and O–H groups in total. The number of ether oxygens (including phenoxy) is 1. The first-order valence-corrected chi connectivity index (χ1v) is 5.19. The molecule has 0 aromatic heterocycles. The molecule has 0 amide bonds. The summed E-state index contributed by atoms with van der Waals surface area (Å²) in [5.74, 6) is 0.479. The zero-order chi connectivity index (χ0) is 11.0. The third-order valence-electron chi connectivity index (χ3n) is 2.51. The molecule has 0 aliphatic rings. The van der Waals surface area contributed by atoms with Crippen molar-refractivity contribution < 1.29 is 9.53 Å². The van der Waals surface area contributed by atoms with Gasteiger partial charge >= 0.3 is 0 Å². The second kappa shape index (κ2) is 6.77. The fourth-order valence-corrected chi connectivity index (χ4v) is 1.28. The Balaban J connectivity index is 3.63. The van der Waals surface area contributed by atoms with Crippen LogP contribution in [0.4, 0.5) is 0 Å². The predicted molar refractivity (Wildman–Crippen MR) is 59.3 cm³/mol. The minimum absolute atomic E-state index is 0.0197. The number of hydrogen-bond donors (Lipinski definition) is 0. The molecule has 0 aliphatic carbocycles. The number of carbonyl (C=O) groups excluding carboxylic acids is 1. The topological polar surface area (TPSA) is 26.3 Å². The van der Waals surface area contributed by atoms with E-state index in [0.717, 1.165) is 25.5 Å². The van der Waals surface area contributed by atoms with E-state index in [1.807, 2.05) is 6.08 Å². The lowest BCUT2D eigenvalue weighted by molar-refractivity contribution is -0.104. The zero-order valence-electron chi connectivity index (χ0n) is 9.75. The standard InChI is InChI=1S/C12H22O2/c1-11(8-6-10-13)7-5-9-12(2,3)14-4/h6,8,10-11H,5,7,9H2,1-4H3/b8-6+. The van der Waals surface area contributed by atoms with Crippen LogP contribution in [0.25, 0.3) is 0 Å². The van der Waals surface area contributed by atoms with Crippen molar-refractivity contribution in [3.8, 4) is 0 Å². The Labute approximate surface area is 87.3 Å². The molecule has 82 valence electrons. The second-order valence-electron chi connectivity index (χ2n) is 4.35. The van der Waals surface area contributed by atoms with Gasteiger partial charge in [-0.3, -0.25) is 4.79 Å². The van der Waals surface area contributed by atoms with E-state index in [1.54, 1.807) is 13.2 Å². The van der Waals surface area contributed by atoms with Gasteiger partial charge < -0.3 is 4.74 Å². The summed E-state index contributed by atoms with van der Waals surface area (Å²) in [5.41, 5.74) is -0.0197. The van der Waals surface area contributed by atoms with Gasteiger partial charge in [0.15, 0.2) is 0 Å². The van der Waals surface area contributed by atoms with Gasteiger partial charge in [-0.05, 0) is 38.7 Å². The van der Waals surface area contributed by atoms with Crippen LogP contribution in [-0.4, -0.2) is 19.0 Å². The molecule has 14 heavy (non-hydrogen) atoms. The molecule has 0 saturated heterocycles. The zero-order valence-corrected chi connectivity index (χ0v) is 9.75. The molecule has 0 radical (unpaired) electrons. The van der Waals surface area contributed by atoms with Crippen molar-refractivity contribution in [3.05, 3.63) is 12.2 Å². The van der Waals surface area contributed by atoms with Gasteiger partial charge in [0.05, 0.1) is 5.60 Å². The highest BCUT2D eigenvalue weighted by Crippen LogP contribution is 2.19. The van der Waals surface area contributed by atoms with Gasteiger partial charge in [-0.2, -0.15) is 0 Å². The average Bonchev–Trinajstić information content (AvgIpc) is 2.14. The normalized spacial score (nSPS) is 14.6. The minimum Gasteiger partial charge on any atom is -0.379 e. The Bertz CT molecular complexity index is 183. The molecule has 0 bridgehead atoms. The van der Waals surface area contributed by atoms with Crippen molar-refractivity contribution in [1.82, 2.24) is 0 Å². The molecule has 0 heterocycles. The van der Waals surface area contributed by atoms with Gasteiger partial charge in [0.2, 0.25) is 0 Å². The molecular weight excluding hydrogens is 176 g/mol. The molecule has 0 aliphatic heterocycles. The summed E-state index contributed by atoms with van der Waals surface area (Å²) in [7, 11) is 1.75. The summed E-state index contributed by atoms with van der Waals surface area (Å²) < 4.78 is 5.33. The van der Waals surface area contributed by atoms with E-state index >= 15 is 0 Å². The summed E-state index contributed by atoms with van der Waals surface area (Å²) in [5, 5.41) is 0. The quantitative estimate of drug-likeness (QED) is 0.464. The average molecular weight is 198 g/mol. The lowest BCUT2D eigenvalue weighted by Gasteiger charge is -2.23. The monoisotopic (exact) mass is 198 g/mol. The molecule has 0 saturated carbocycles. The number of carbonyl (C=O) groups is 1. The van der Waals surface area contributed by atoms with E-state index in [4.69, 9.17) is 4.74 Å². The SMILES string of the molecule is COC(C)(C)CCCC(C)/C=C/C=O. The van der Waals surface area contributed by atoms with Crippen molar-refractivity contribution in [2.75, 3.05) is 7.11 Å². The summed E-state index contributed by atoms with van der Waals surface area (Å²) in [6.45, 7) is 6.32. The molecule has 1 unspecified atom stereocenters. The Morgan fingerprint density at radius 1 is 1.43 bits per heavy atom. The van der Waals surface area contributed by atoms with Gasteiger partial charge in [-0.25, -0.2) is 0 Å². The van der Waals surface area contributed by atoms with Gasteiger partial charge in [0, 0.05) is 7.11 Å². The Kier molecular flexibility index (Phi) is 6.46. The number of aldehydes is 1. The summed E-state index contributed by atoms with van der Waals surface area (Å²) in [4.78, 5) is 10.1. The lowest BCUT2D eigenvalue weighted by atomic mass is 9.96. The molecule has 1 atom stereocenters. The van der Waals surface area contributed by atoms with E-state index in [1.165, 1.54) is 0 Å². The van der Waals surface area contributed by atoms with E-state index < -0.39 is 0 Å². The first-order chi connectivity index (χ1) is 6.52. The highest BCUT2D eigenvalue weighted by Gasteiger charge is 2.15. The maximum atomic E-state index is 10.1. The number of methoxy groups -OCH3 is 1. The summed E-state index contributed by atoms with van der Waals surface area (Å²) in [6, 6.07) is 0. The maximum absolute atomic E-state index is 10.1. The first kappa shape index (κ1) is 13.4. The van der Waals surface area contributed by atoms with Crippen LogP contribution in [0.1, 0.15) is 40.0 Å². The summed E-state index contributed by atoms with van der Waals surface area (Å²) in [6.07, 6.45) is 7.65. The first-order valence-electron chi connectivity index (χ1n) is 5.19. The van der Waals surface area contributed by atoms with Crippen molar-refractivity contribution in [2.45, 2.75) is 45.6 Å². The number of hydrogen-bond acceptors (Lipinski definition) is 2. The second-order valence-corrected chi connectivity index (χ2v) is 4.35. The fraction of sp³-hybridized carbons (Fsp3) is 0.750. The van der Waals surface area contributed by atoms with Gasteiger partial charge in [0.25, 0.3) is 0 Å². The van der Waals surface area contributed by atoms with E-state index in [9.17, 15) is 4.79 Å². The lowest BCUT2D eigenvalue weighted by Crippen LogP contribution is -2.22. The highest BCUT2D eigenvalue weighted by atomic mass is 16.5. The van der Waals surface area contributed by atoms with Crippen molar-refractivity contribution >= 4 is 6.29 Å². The van der Waals surface area contributed by atoms with Crippen LogP contribution < -0.4 is 0 Å². The third-order valence-corrected chi connectivity index (χ3v) is 2.51. The van der Waals surface area contributed by atoms with Crippen LogP contribution >= 0.6 is 0 Å². The smallest absolute Gasteiger partial charge is 0.142 e. The van der Waals surface area contributed by atoms with Gasteiger partial charge in [0.1, 0.15) is 6.29 Å². The minimum atomic E-state index is -0.0197. The fourth-order valence-electron chi connectivity index (χ4n) is 1.28. The summed E-state index contributed by atoms with van der Waals surface area (Å²) >= 11 is 0. The molecule has 2 nitrogen and oxygen atoms in total. The van der Waals surface area contributed by atoms with Crippen LogP contribution in [-0.2, 0) is 9.53 Å². The Hall–Kier alpha value is -0.630. The molecule has 0 fully saturated rings. The van der Waals surface area contributed by atoms with Crippen molar-refractivity contribution in [1.29, 1.82) is 0 Å². The van der Waals surface area contributed by atoms with Crippen LogP contribution in [0, 0.1) is 5.92 Å². The molecule has 0 aromatic rings. The largest absolute Gasteiger partial charge is 0.379 e. The molecule has 0 spiro atoms. The van der Waals surface area contributed by atoms with Gasteiger partial charge in [-0.1, -0.05) is 19.4 Å². The van der Waals surface area contributed by atoms with Crippen LogP contribution in [0.5, 0.6) is 0 Å². The Morgan fingerprint density at radius 3 is 2.57 bits per heavy atom. The number of rotatable bonds is 7. The third kappa shape index (κ3) is 6.84. The molecule has 0 aromatic carbocycles. The van der Waals surface area contributed by atoms with Crippen LogP contribution in [0.3, 0.4) is 0 Å². The van der Waals surface area contributed by atoms with E-state index in [2.05, 4.69) is 20.8 Å². The van der Waals surface area contributed by atoms with Crippen molar-refractivity contribution in [2.24, 2.45) is 5.92 Å². The highest BCUT2D eigenvalue weighted by molar-refractivity contribution is 5.64. The molecule has 2 heteroatoms. The van der Waals surface area contributed by atoms with Gasteiger partial charge in [-0.15, -0.1) is 0 Å². The maximum Gasteiger partial charge on any atom is 0.142 e. The van der Waals surface area contributed by atoms with Crippen molar-refractivity contribution in [3.63, 3.8) is 0 Å². The van der Waals surface area contributed by atoms with Crippen LogP contribution in [0.15, 0.2) is 12.2 Å².